The topological polar surface area (TPSA) is 99.5 Å². The first kappa shape index (κ1) is 25.3. The molecule has 5 N–H and O–H groups in total. The van der Waals surface area contributed by atoms with Crippen molar-refractivity contribution >= 4 is 23.6 Å². The lowest BCUT2D eigenvalue weighted by atomic mass is 9.71. The number of nitrogens with zero attached hydrogens (tertiary/aromatic N) is 1. The Hall–Kier alpha value is -0.830. The number of nitrogens with two attached hydrogens (primary N) is 1. The lowest BCUT2D eigenvalue weighted by Gasteiger charge is -2.48. The van der Waals surface area contributed by atoms with Gasteiger partial charge in [0, 0.05) is 42.3 Å². The fraction of sp³-hybridized carbons (Fsp3) is 0.920. The van der Waals surface area contributed by atoms with E-state index in [9.17, 15) is 9.59 Å². The Balaban J connectivity index is 1.46. The standard InChI is InChI=1S/C25H45N5O2S/c1-14(2)7-18-10-21(17-5-6-22-20(9-17)28-13-33-22)30(12-16(18)4)25(32)24(31)29-19-8-15(3)23(26)27-11-19/h14-23,27-28H,5-13,26H2,1-4H3,(H,29,31)/t15?,16-,17?,18?,19?,20?,21-,22?,23?/m0/s1. The van der Waals surface area contributed by atoms with Crippen LogP contribution in [0.2, 0.25) is 0 Å². The number of hydrogen-bond donors (Lipinski definition) is 4. The molecule has 7 unspecified atom stereocenters. The molecule has 1 saturated carbocycles. The second kappa shape index (κ2) is 10.8. The van der Waals surface area contributed by atoms with Crippen molar-refractivity contribution in [3.63, 3.8) is 0 Å². The van der Waals surface area contributed by atoms with E-state index < -0.39 is 5.91 Å². The zero-order chi connectivity index (χ0) is 23.7. The van der Waals surface area contributed by atoms with Gasteiger partial charge in [0.1, 0.15) is 0 Å². The summed E-state index contributed by atoms with van der Waals surface area (Å²) in [4.78, 5) is 28.6. The number of carbonyl (C=O) groups excluding carboxylic acids is 2. The molecular weight excluding hydrogens is 434 g/mol. The number of hydrogen-bond acceptors (Lipinski definition) is 6. The maximum atomic E-state index is 13.5. The van der Waals surface area contributed by atoms with Crippen LogP contribution in [0.3, 0.4) is 0 Å². The highest BCUT2D eigenvalue weighted by atomic mass is 32.2. The minimum atomic E-state index is -0.438. The maximum Gasteiger partial charge on any atom is 0.312 e. The molecule has 3 heterocycles. The summed E-state index contributed by atoms with van der Waals surface area (Å²) in [6, 6.07) is 0.690. The van der Waals surface area contributed by atoms with Crippen molar-refractivity contribution < 1.29 is 9.59 Å². The molecule has 9 atom stereocenters. The first-order valence-corrected chi connectivity index (χ1v) is 14.2. The van der Waals surface area contributed by atoms with Crippen LogP contribution in [0.4, 0.5) is 0 Å². The van der Waals surface area contributed by atoms with Gasteiger partial charge in [-0.05, 0) is 68.1 Å². The number of thioether (sulfide) groups is 1. The Kier molecular flexibility index (Phi) is 8.30. The molecule has 1 aliphatic carbocycles. The monoisotopic (exact) mass is 479 g/mol. The third-order valence-corrected chi connectivity index (χ3v) is 10.0. The molecule has 3 saturated heterocycles. The summed E-state index contributed by atoms with van der Waals surface area (Å²) in [7, 11) is 0. The molecule has 4 aliphatic rings. The maximum absolute atomic E-state index is 13.5. The summed E-state index contributed by atoms with van der Waals surface area (Å²) in [6.07, 6.45) is 6.49. The van der Waals surface area contributed by atoms with Gasteiger partial charge in [-0.2, -0.15) is 0 Å². The van der Waals surface area contributed by atoms with E-state index in [1.807, 2.05) is 16.7 Å². The van der Waals surface area contributed by atoms with Crippen LogP contribution < -0.4 is 21.7 Å². The predicted octanol–water partition coefficient (Wildman–Crippen LogP) is 2.12. The van der Waals surface area contributed by atoms with Gasteiger partial charge in [-0.15, -0.1) is 11.8 Å². The zero-order valence-electron chi connectivity index (χ0n) is 20.9. The van der Waals surface area contributed by atoms with Gasteiger partial charge >= 0.3 is 11.8 Å². The average Bonchev–Trinajstić information content (AvgIpc) is 3.24. The molecule has 188 valence electrons. The first-order valence-electron chi connectivity index (χ1n) is 13.2. The Morgan fingerprint density at radius 2 is 1.91 bits per heavy atom. The lowest BCUT2D eigenvalue weighted by Crippen LogP contribution is -2.60. The highest BCUT2D eigenvalue weighted by Gasteiger charge is 2.45. The molecule has 2 amide bonds. The van der Waals surface area contributed by atoms with Crippen LogP contribution in [0.25, 0.3) is 0 Å². The van der Waals surface area contributed by atoms with E-state index in [-0.39, 0.29) is 30.1 Å². The number of likely N-dealkylation sites (tertiary alicyclic amines) is 1. The molecule has 7 nitrogen and oxygen atoms in total. The van der Waals surface area contributed by atoms with E-state index in [4.69, 9.17) is 5.73 Å². The van der Waals surface area contributed by atoms with E-state index in [2.05, 4.69) is 43.6 Å². The molecule has 4 fully saturated rings. The fourth-order valence-electron chi connectivity index (χ4n) is 6.73. The Labute approximate surface area is 204 Å². The van der Waals surface area contributed by atoms with Crippen molar-refractivity contribution in [2.45, 2.75) is 95.8 Å². The van der Waals surface area contributed by atoms with Crippen LogP contribution in [0.1, 0.15) is 66.2 Å². The van der Waals surface area contributed by atoms with Crippen molar-refractivity contribution in [2.24, 2.45) is 35.3 Å². The number of piperidine rings is 2. The largest absolute Gasteiger partial charge is 0.344 e. The number of amides is 2. The Bertz CT molecular complexity index is 706. The summed E-state index contributed by atoms with van der Waals surface area (Å²) in [5, 5.41) is 10.7. The summed E-state index contributed by atoms with van der Waals surface area (Å²) in [5.74, 6) is 2.72. The predicted molar refractivity (Wildman–Crippen MR) is 134 cm³/mol. The number of nitrogens with one attached hydrogen (secondary N) is 3. The van der Waals surface area contributed by atoms with Crippen molar-refractivity contribution in [1.29, 1.82) is 0 Å². The molecule has 0 bridgehead atoms. The van der Waals surface area contributed by atoms with Crippen LogP contribution in [-0.2, 0) is 9.59 Å². The molecule has 4 rings (SSSR count). The van der Waals surface area contributed by atoms with Gasteiger partial charge in [0.2, 0.25) is 0 Å². The van der Waals surface area contributed by atoms with Crippen molar-refractivity contribution in [3.8, 4) is 0 Å². The number of rotatable bonds is 4. The van der Waals surface area contributed by atoms with Gasteiger partial charge in [0.15, 0.2) is 0 Å². The molecule has 0 aromatic carbocycles. The van der Waals surface area contributed by atoms with Crippen LogP contribution in [0, 0.1) is 29.6 Å². The van der Waals surface area contributed by atoms with E-state index in [1.165, 1.54) is 12.8 Å². The minimum Gasteiger partial charge on any atom is -0.344 e. The molecule has 3 aliphatic heterocycles. The Morgan fingerprint density at radius 1 is 1.12 bits per heavy atom. The Morgan fingerprint density at radius 3 is 2.64 bits per heavy atom. The van der Waals surface area contributed by atoms with Crippen molar-refractivity contribution in [2.75, 3.05) is 19.0 Å². The average molecular weight is 480 g/mol. The third kappa shape index (κ3) is 5.88. The second-order valence-electron chi connectivity index (χ2n) is 11.7. The summed E-state index contributed by atoms with van der Waals surface area (Å²) in [5.41, 5.74) is 6.04. The van der Waals surface area contributed by atoms with Gasteiger partial charge in [-0.1, -0.05) is 27.7 Å². The van der Waals surface area contributed by atoms with Crippen LogP contribution in [0.5, 0.6) is 0 Å². The van der Waals surface area contributed by atoms with Gasteiger partial charge in [-0.25, -0.2) is 0 Å². The van der Waals surface area contributed by atoms with E-state index in [0.717, 1.165) is 36.8 Å². The van der Waals surface area contributed by atoms with E-state index in [1.54, 1.807) is 0 Å². The smallest absolute Gasteiger partial charge is 0.312 e. The van der Waals surface area contributed by atoms with Gasteiger partial charge in [0.25, 0.3) is 0 Å². The normalized spacial score (nSPS) is 41.6. The highest BCUT2D eigenvalue weighted by molar-refractivity contribution is 8.00. The van der Waals surface area contributed by atoms with Gasteiger partial charge < -0.3 is 21.3 Å². The lowest BCUT2D eigenvalue weighted by molar-refractivity contribution is -0.152. The number of fused-ring (bicyclic) bond motifs is 1. The molecule has 0 radical (unpaired) electrons. The molecule has 0 aromatic heterocycles. The first-order chi connectivity index (χ1) is 15.7. The quantitative estimate of drug-likeness (QED) is 0.461. The van der Waals surface area contributed by atoms with Crippen molar-refractivity contribution in [3.05, 3.63) is 0 Å². The van der Waals surface area contributed by atoms with E-state index >= 15 is 0 Å². The molecule has 8 heteroatoms. The van der Waals surface area contributed by atoms with Gasteiger partial charge in [0.05, 0.1) is 6.17 Å². The van der Waals surface area contributed by atoms with Crippen LogP contribution in [-0.4, -0.2) is 65.2 Å². The molecule has 0 spiro atoms. The van der Waals surface area contributed by atoms with E-state index in [0.29, 0.717) is 42.8 Å². The minimum absolute atomic E-state index is 0.0410. The van der Waals surface area contributed by atoms with Gasteiger partial charge in [-0.3, -0.25) is 14.9 Å². The molecule has 0 aromatic rings. The summed E-state index contributed by atoms with van der Waals surface area (Å²) < 4.78 is 0. The number of carbonyl (C=O) groups is 2. The zero-order valence-corrected chi connectivity index (χ0v) is 21.7. The second-order valence-corrected chi connectivity index (χ2v) is 12.9. The summed E-state index contributed by atoms with van der Waals surface area (Å²) in [6.45, 7) is 10.3. The SMILES string of the molecule is CC(C)CC1C[C@@H](C2CCC3SCNC3C2)N(C(=O)C(=O)NC2CNC(N)C(C)C2)C[C@@H]1C. The van der Waals surface area contributed by atoms with Crippen LogP contribution >= 0.6 is 11.8 Å². The van der Waals surface area contributed by atoms with Crippen LogP contribution in [0.15, 0.2) is 0 Å². The highest BCUT2D eigenvalue weighted by Crippen LogP contribution is 2.43. The fourth-order valence-corrected chi connectivity index (χ4v) is 7.99. The third-order valence-electron chi connectivity index (χ3n) is 8.68. The summed E-state index contributed by atoms with van der Waals surface area (Å²) >= 11 is 2.05. The molecular formula is C25H45N5O2S. The van der Waals surface area contributed by atoms with Crippen molar-refractivity contribution in [1.82, 2.24) is 20.9 Å². The molecule has 33 heavy (non-hydrogen) atoms.